The lowest BCUT2D eigenvalue weighted by Gasteiger charge is -2.32. The fraction of sp³-hybridized carbons (Fsp3) is 0.542. The van der Waals surface area contributed by atoms with Crippen LogP contribution in [0, 0.1) is 11.8 Å². The van der Waals surface area contributed by atoms with E-state index in [1.165, 1.54) is 0 Å². The Bertz CT molecular complexity index is 830. The number of hydrogen-bond acceptors (Lipinski definition) is 6. The highest BCUT2D eigenvalue weighted by Crippen LogP contribution is 2.24. The number of aldehydes is 1. The number of benzene rings is 1. The maximum atomic E-state index is 13.4. The van der Waals surface area contributed by atoms with Crippen molar-refractivity contribution in [2.45, 2.75) is 52.6 Å². The zero-order valence-corrected chi connectivity index (χ0v) is 19.4. The van der Waals surface area contributed by atoms with E-state index in [4.69, 9.17) is 9.26 Å². The summed E-state index contributed by atoms with van der Waals surface area (Å²) in [7, 11) is 3.49. The molecule has 2 unspecified atom stereocenters. The first-order valence-corrected chi connectivity index (χ1v) is 10.8. The van der Waals surface area contributed by atoms with Crippen LogP contribution in [0.3, 0.4) is 0 Å². The number of nitrogens with one attached hydrogen (secondary N) is 1. The Labute approximate surface area is 185 Å². The second-order valence-corrected chi connectivity index (χ2v) is 8.71. The molecule has 1 N–H and O–H groups in total. The summed E-state index contributed by atoms with van der Waals surface area (Å²) in [5, 5.41) is 7.29. The normalized spacial score (nSPS) is 13.3. The Morgan fingerprint density at radius 3 is 2.32 bits per heavy atom. The van der Waals surface area contributed by atoms with E-state index in [-0.39, 0.29) is 23.6 Å². The molecule has 2 aromatic rings. The number of rotatable bonds is 12. The Kier molecular flexibility index (Phi) is 9.24. The lowest BCUT2D eigenvalue weighted by atomic mass is 9.99. The van der Waals surface area contributed by atoms with Gasteiger partial charge in [-0.05, 0) is 56.0 Å². The molecule has 1 aromatic carbocycles. The molecule has 170 valence electrons. The average molecular weight is 430 g/mol. The predicted molar refractivity (Wildman–Crippen MR) is 121 cm³/mol. The molecule has 0 radical (unpaired) electrons. The monoisotopic (exact) mass is 429 g/mol. The van der Waals surface area contributed by atoms with E-state index in [2.05, 4.69) is 24.3 Å². The molecule has 31 heavy (non-hydrogen) atoms. The van der Waals surface area contributed by atoms with Crippen molar-refractivity contribution in [3.63, 3.8) is 0 Å². The van der Waals surface area contributed by atoms with Gasteiger partial charge in [-0.2, -0.15) is 0 Å². The minimum atomic E-state index is -0.517. The molecular weight excluding hydrogens is 394 g/mol. The predicted octanol–water partition coefficient (Wildman–Crippen LogP) is 4.04. The van der Waals surface area contributed by atoms with E-state index in [0.29, 0.717) is 24.6 Å². The van der Waals surface area contributed by atoms with Crippen LogP contribution in [0.5, 0.6) is 5.75 Å². The van der Waals surface area contributed by atoms with Crippen molar-refractivity contribution >= 4 is 12.2 Å². The van der Waals surface area contributed by atoms with Gasteiger partial charge in [0.2, 0.25) is 0 Å². The summed E-state index contributed by atoms with van der Waals surface area (Å²) in [6, 6.07) is 8.52. The summed E-state index contributed by atoms with van der Waals surface area (Å²) in [5.74, 6) is 1.66. The van der Waals surface area contributed by atoms with E-state index in [1.807, 2.05) is 45.2 Å². The molecule has 7 nitrogen and oxygen atoms in total. The Morgan fingerprint density at radius 1 is 1.16 bits per heavy atom. The van der Waals surface area contributed by atoms with Gasteiger partial charge in [0.25, 0.3) is 5.91 Å². The lowest BCUT2D eigenvalue weighted by Crippen LogP contribution is -2.49. The summed E-state index contributed by atoms with van der Waals surface area (Å²) < 4.78 is 10.6. The van der Waals surface area contributed by atoms with Crippen molar-refractivity contribution in [2.75, 3.05) is 20.7 Å². The van der Waals surface area contributed by atoms with Gasteiger partial charge < -0.3 is 24.3 Å². The fourth-order valence-corrected chi connectivity index (χ4v) is 3.61. The SMILES string of the molecule is CNC(CC(C)C)CN(C(=O)c1cc(-c2ccc(OC)cc2)on1)C(C=O)CC(C)C. The molecule has 7 heteroatoms. The van der Waals surface area contributed by atoms with Gasteiger partial charge in [-0.25, -0.2) is 0 Å². The molecule has 0 aliphatic rings. The van der Waals surface area contributed by atoms with Crippen molar-refractivity contribution in [3.05, 3.63) is 36.0 Å². The minimum Gasteiger partial charge on any atom is -0.497 e. The first kappa shape index (κ1) is 24.6. The highest BCUT2D eigenvalue weighted by molar-refractivity contribution is 5.94. The molecule has 2 rings (SSSR count). The van der Waals surface area contributed by atoms with Gasteiger partial charge in [0.1, 0.15) is 12.0 Å². The first-order valence-electron chi connectivity index (χ1n) is 10.8. The van der Waals surface area contributed by atoms with E-state index in [0.717, 1.165) is 24.0 Å². The van der Waals surface area contributed by atoms with E-state index in [1.54, 1.807) is 18.1 Å². The molecule has 0 bridgehead atoms. The maximum absolute atomic E-state index is 13.4. The number of likely N-dealkylation sites (N-methyl/N-ethyl adjacent to an activating group) is 1. The Morgan fingerprint density at radius 2 is 1.81 bits per heavy atom. The van der Waals surface area contributed by atoms with E-state index in [9.17, 15) is 9.59 Å². The molecule has 0 aliphatic carbocycles. The van der Waals surface area contributed by atoms with E-state index >= 15 is 0 Å². The quantitative estimate of drug-likeness (QED) is 0.513. The molecule has 0 fully saturated rings. The van der Waals surface area contributed by atoms with Crippen LogP contribution < -0.4 is 10.1 Å². The molecule has 0 aliphatic heterocycles. The van der Waals surface area contributed by atoms with Crippen LogP contribution in [-0.2, 0) is 4.79 Å². The molecular formula is C24H35N3O4. The first-order chi connectivity index (χ1) is 14.8. The summed E-state index contributed by atoms with van der Waals surface area (Å²) >= 11 is 0. The topological polar surface area (TPSA) is 84.7 Å². The summed E-state index contributed by atoms with van der Waals surface area (Å²) in [6.07, 6.45) is 2.35. The van der Waals surface area contributed by atoms with Crippen molar-refractivity contribution in [3.8, 4) is 17.1 Å². The van der Waals surface area contributed by atoms with Crippen LogP contribution in [0.25, 0.3) is 11.3 Å². The number of aromatic nitrogens is 1. The van der Waals surface area contributed by atoms with Gasteiger partial charge in [0.15, 0.2) is 11.5 Å². The highest BCUT2D eigenvalue weighted by Gasteiger charge is 2.30. The van der Waals surface area contributed by atoms with Gasteiger partial charge in [0.05, 0.1) is 13.2 Å². The van der Waals surface area contributed by atoms with Crippen LogP contribution in [0.4, 0.5) is 0 Å². The molecule has 0 spiro atoms. The van der Waals surface area contributed by atoms with Crippen LogP contribution in [0.1, 0.15) is 51.0 Å². The number of ether oxygens (including phenoxy) is 1. The third kappa shape index (κ3) is 6.92. The smallest absolute Gasteiger partial charge is 0.276 e. The second kappa shape index (κ2) is 11.6. The highest BCUT2D eigenvalue weighted by atomic mass is 16.5. The van der Waals surface area contributed by atoms with Crippen molar-refractivity contribution in [1.82, 2.24) is 15.4 Å². The van der Waals surface area contributed by atoms with Crippen molar-refractivity contribution in [2.24, 2.45) is 11.8 Å². The Hall–Kier alpha value is -2.67. The van der Waals surface area contributed by atoms with Crippen molar-refractivity contribution in [1.29, 1.82) is 0 Å². The summed E-state index contributed by atoms with van der Waals surface area (Å²) in [6.45, 7) is 8.79. The standard InChI is InChI=1S/C24H35N3O4/c1-16(2)11-19(25-5)14-27(20(15-28)12-17(3)4)24(29)22-13-23(31-26-22)18-7-9-21(30-6)10-8-18/h7-10,13,15-17,19-20,25H,11-12,14H2,1-6H3. The zero-order valence-electron chi connectivity index (χ0n) is 19.4. The van der Waals surface area contributed by atoms with Crippen LogP contribution in [0.15, 0.2) is 34.9 Å². The van der Waals surface area contributed by atoms with Crippen molar-refractivity contribution < 1.29 is 18.8 Å². The third-order valence-electron chi connectivity index (χ3n) is 5.22. The van der Waals surface area contributed by atoms with Gasteiger partial charge in [-0.15, -0.1) is 0 Å². The molecule has 1 aromatic heterocycles. The number of carbonyl (C=O) groups is 2. The molecule has 2 atom stereocenters. The number of hydrogen-bond donors (Lipinski definition) is 1. The number of amides is 1. The minimum absolute atomic E-state index is 0.0755. The Balaban J connectivity index is 2.30. The van der Waals surface area contributed by atoms with Gasteiger partial charge in [0, 0.05) is 24.2 Å². The second-order valence-electron chi connectivity index (χ2n) is 8.71. The lowest BCUT2D eigenvalue weighted by molar-refractivity contribution is -0.112. The van der Waals surface area contributed by atoms with Crippen LogP contribution in [-0.4, -0.2) is 55.0 Å². The van der Waals surface area contributed by atoms with E-state index < -0.39 is 6.04 Å². The van der Waals surface area contributed by atoms with Gasteiger partial charge >= 0.3 is 0 Å². The maximum Gasteiger partial charge on any atom is 0.276 e. The van der Waals surface area contributed by atoms with Crippen LogP contribution >= 0.6 is 0 Å². The fourth-order valence-electron chi connectivity index (χ4n) is 3.61. The average Bonchev–Trinajstić information content (AvgIpc) is 3.24. The summed E-state index contributed by atoms with van der Waals surface area (Å²) in [4.78, 5) is 27.0. The zero-order chi connectivity index (χ0) is 23.0. The summed E-state index contributed by atoms with van der Waals surface area (Å²) in [5.41, 5.74) is 0.988. The van der Waals surface area contributed by atoms with Gasteiger partial charge in [-0.1, -0.05) is 32.9 Å². The third-order valence-corrected chi connectivity index (χ3v) is 5.22. The largest absolute Gasteiger partial charge is 0.497 e. The molecule has 0 saturated heterocycles. The molecule has 1 heterocycles. The van der Waals surface area contributed by atoms with Crippen LogP contribution in [0.2, 0.25) is 0 Å². The van der Waals surface area contributed by atoms with Gasteiger partial charge in [-0.3, -0.25) is 4.79 Å². The number of methoxy groups -OCH3 is 1. The number of nitrogens with zero attached hydrogens (tertiary/aromatic N) is 2. The number of carbonyl (C=O) groups excluding carboxylic acids is 2. The molecule has 0 saturated carbocycles. The molecule has 1 amide bonds.